The quantitative estimate of drug-likeness (QED) is 0.921. The van der Waals surface area contributed by atoms with Crippen LogP contribution < -0.4 is 5.73 Å². The minimum Gasteiger partial charge on any atom is -0.331 e. The molecule has 6 heteroatoms. The van der Waals surface area contributed by atoms with Crippen LogP contribution in [0, 0.1) is 0 Å². The average Bonchev–Trinajstić information content (AvgIpc) is 2.99. The van der Waals surface area contributed by atoms with Gasteiger partial charge >= 0.3 is 0 Å². The zero-order chi connectivity index (χ0) is 13.0. The Balaban J connectivity index is 0.00000180. The fourth-order valence-electron chi connectivity index (χ4n) is 1.68. The second-order valence-corrected chi connectivity index (χ2v) is 6.21. The van der Waals surface area contributed by atoms with Crippen LogP contribution in [0.2, 0.25) is 0 Å². The highest BCUT2D eigenvalue weighted by Crippen LogP contribution is 2.17. The number of amides is 1. The minimum absolute atomic E-state index is 0. The molecule has 1 atom stereocenters. The molecule has 0 saturated carbocycles. The number of carbonyl (C=O) groups is 1. The van der Waals surface area contributed by atoms with E-state index in [0.717, 1.165) is 0 Å². The molecule has 0 saturated heterocycles. The van der Waals surface area contributed by atoms with Crippen LogP contribution >= 0.6 is 35.1 Å². The zero-order valence-corrected chi connectivity index (χ0v) is 13.1. The van der Waals surface area contributed by atoms with Gasteiger partial charge in [-0.2, -0.15) is 0 Å². The lowest BCUT2D eigenvalue weighted by Crippen LogP contribution is -2.41. The number of hydrogen-bond donors (Lipinski definition) is 1. The fourth-order valence-corrected chi connectivity index (χ4v) is 3.12. The molecule has 1 amide bonds. The van der Waals surface area contributed by atoms with Crippen LogP contribution in [0.25, 0.3) is 0 Å². The normalized spacial score (nSPS) is 11.7. The Bertz CT molecular complexity index is 446. The molecule has 2 aromatic rings. The lowest BCUT2D eigenvalue weighted by atomic mass is 10.2. The molecule has 19 heavy (non-hydrogen) atoms. The summed E-state index contributed by atoms with van der Waals surface area (Å²) in [5.41, 5.74) is 5.71. The molecule has 2 heterocycles. The summed E-state index contributed by atoms with van der Waals surface area (Å²) in [6, 6.07) is 7.63. The second-order valence-electron chi connectivity index (χ2n) is 4.14. The van der Waals surface area contributed by atoms with Gasteiger partial charge in [0.2, 0.25) is 5.91 Å². The van der Waals surface area contributed by atoms with Crippen molar-refractivity contribution in [1.29, 1.82) is 0 Å². The van der Waals surface area contributed by atoms with Crippen molar-refractivity contribution in [3.63, 3.8) is 0 Å². The van der Waals surface area contributed by atoms with Crippen molar-refractivity contribution in [2.75, 3.05) is 0 Å². The molecule has 0 aromatic carbocycles. The Morgan fingerprint density at radius 3 is 2.00 bits per heavy atom. The van der Waals surface area contributed by atoms with E-state index in [1.54, 1.807) is 29.6 Å². The van der Waals surface area contributed by atoms with E-state index >= 15 is 0 Å². The van der Waals surface area contributed by atoms with Crippen LogP contribution in [-0.4, -0.2) is 16.8 Å². The van der Waals surface area contributed by atoms with Crippen LogP contribution in [0.4, 0.5) is 0 Å². The molecule has 2 rings (SSSR count). The maximum Gasteiger partial charge on any atom is 0.239 e. The molecule has 2 N–H and O–H groups in total. The standard InChI is InChI=1S/C13H16N2OS2.ClH/c1-10(14)13(16)15(8-11-4-2-6-17-11)9-12-5-3-7-18-12;/h2-7,10H,8-9,14H2,1H3;1H/t10-;/m0./s1. The van der Waals surface area contributed by atoms with Crippen molar-refractivity contribution in [2.24, 2.45) is 5.73 Å². The van der Waals surface area contributed by atoms with E-state index in [0.29, 0.717) is 13.1 Å². The van der Waals surface area contributed by atoms with Crippen LogP contribution in [-0.2, 0) is 17.9 Å². The molecule has 0 bridgehead atoms. The number of rotatable bonds is 5. The summed E-state index contributed by atoms with van der Waals surface area (Å²) in [4.78, 5) is 16.3. The van der Waals surface area contributed by atoms with E-state index in [9.17, 15) is 4.79 Å². The van der Waals surface area contributed by atoms with E-state index in [-0.39, 0.29) is 18.3 Å². The molecule has 2 aromatic heterocycles. The third kappa shape index (κ3) is 4.62. The van der Waals surface area contributed by atoms with Crippen molar-refractivity contribution in [3.05, 3.63) is 44.8 Å². The van der Waals surface area contributed by atoms with Crippen molar-refractivity contribution < 1.29 is 4.79 Å². The molecule has 3 nitrogen and oxygen atoms in total. The summed E-state index contributed by atoms with van der Waals surface area (Å²) < 4.78 is 0. The summed E-state index contributed by atoms with van der Waals surface area (Å²) in [7, 11) is 0. The Morgan fingerprint density at radius 2 is 1.68 bits per heavy atom. The third-order valence-electron chi connectivity index (χ3n) is 2.55. The van der Waals surface area contributed by atoms with Crippen LogP contribution in [0.5, 0.6) is 0 Å². The predicted molar refractivity (Wildman–Crippen MR) is 83.8 cm³/mol. The van der Waals surface area contributed by atoms with Crippen molar-refractivity contribution in [3.8, 4) is 0 Å². The molecule has 104 valence electrons. The first-order valence-electron chi connectivity index (χ1n) is 5.76. The lowest BCUT2D eigenvalue weighted by molar-refractivity contribution is -0.133. The Kier molecular flexibility index (Phi) is 6.51. The number of halogens is 1. The zero-order valence-electron chi connectivity index (χ0n) is 10.6. The Hall–Kier alpha value is -0.880. The molecular weight excluding hydrogens is 300 g/mol. The molecule has 0 unspecified atom stereocenters. The minimum atomic E-state index is -0.454. The van der Waals surface area contributed by atoms with Crippen molar-refractivity contribution in [2.45, 2.75) is 26.1 Å². The van der Waals surface area contributed by atoms with Gasteiger partial charge in [-0.15, -0.1) is 35.1 Å². The number of nitrogens with two attached hydrogens (primary N) is 1. The van der Waals surface area contributed by atoms with E-state index in [2.05, 4.69) is 0 Å². The molecule has 0 aliphatic carbocycles. The Morgan fingerprint density at radius 1 is 1.21 bits per heavy atom. The maximum atomic E-state index is 12.1. The maximum absolute atomic E-state index is 12.1. The summed E-state index contributed by atoms with van der Waals surface area (Å²) in [6.45, 7) is 3.00. The molecule has 0 fully saturated rings. The van der Waals surface area contributed by atoms with Gasteiger partial charge in [0.25, 0.3) is 0 Å². The van der Waals surface area contributed by atoms with E-state index in [1.165, 1.54) is 9.75 Å². The van der Waals surface area contributed by atoms with Gasteiger partial charge in [0.1, 0.15) is 0 Å². The largest absolute Gasteiger partial charge is 0.331 e. The van der Waals surface area contributed by atoms with Gasteiger partial charge in [-0.05, 0) is 29.8 Å². The lowest BCUT2D eigenvalue weighted by Gasteiger charge is -2.23. The Labute approximate surface area is 127 Å². The van der Waals surface area contributed by atoms with Gasteiger partial charge < -0.3 is 10.6 Å². The number of carbonyl (C=O) groups excluding carboxylic acids is 1. The SMILES string of the molecule is C[C@H](N)C(=O)N(Cc1cccs1)Cc1cccs1.Cl. The van der Waals surface area contributed by atoms with Crippen LogP contribution in [0.15, 0.2) is 35.0 Å². The van der Waals surface area contributed by atoms with E-state index < -0.39 is 6.04 Å². The number of nitrogens with zero attached hydrogens (tertiary/aromatic N) is 1. The van der Waals surface area contributed by atoms with Crippen molar-refractivity contribution >= 4 is 41.0 Å². The number of hydrogen-bond acceptors (Lipinski definition) is 4. The average molecular weight is 317 g/mol. The summed E-state index contributed by atoms with van der Waals surface area (Å²) in [6.07, 6.45) is 0. The molecule has 0 aliphatic rings. The predicted octanol–water partition coefficient (Wildman–Crippen LogP) is 3.11. The highest BCUT2D eigenvalue weighted by Gasteiger charge is 2.18. The first-order valence-corrected chi connectivity index (χ1v) is 7.52. The van der Waals surface area contributed by atoms with Crippen LogP contribution in [0.1, 0.15) is 16.7 Å². The van der Waals surface area contributed by atoms with Gasteiger partial charge in [0.05, 0.1) is 19.1 Å². The van der Waals surface area contributed by atoms with Gasteiger partial charge in [-0.3, -0.25) is 4.79 Å². The molecule has 0 radical (unpaired) electrons. The summed E-state index contributed by atoms with van der Waals surface area (Å²) in [5, 5.41) is 4.05. The fraction of sp³-hybridized carbons (Fsp3) is 0.308. The number of thiophene rings is 2. The van der Waals surface area contributed by atoms with E-state index in [4.69, 9.17) is 5.73 Å². The van der Waals surface area contributed by atoms with Crippen LogP contribution in [0.3, 0.4) is 0 Å². The second kappa shape index (κ2) is 7.65. The highest BCUT2D eigenvalue weighted by atomic mass is 35.5. The third-order valence-corrected chi connectivity index (χ3v) is 4.28. The summed E-state index contributed by atoms with van der Waals surface area (Å²) >= 11 is 3.32. The first kappa shape index (κ1) is 16.2. The van der Waals surface area contributed by atoms with Gasteiger partial charge in [-0.25, -0.2) is 0 Å². The van der Waals surface area contributed by atoms with E-state index in [1.807, 2.05) is 39.9 Å². The molecular formula is C13H17ClN2OS2. The molecule has 0 aliphatic heterocycles. The molecule has 0 spiro atoms. The van der Waals surface area contributed by atoms with Gasteiger partial charge in [0, 0.05) is 9.75 Å². The summed E-state index contributed by atoms with van der Waals surface area (Å²) in [5.74, 6) is -0.00296. The van der Waals surface area contributed by atoms with Crippen molar-refractivity contribution in [1.82, 2.24) is 4.90 Å². The smallest absolute Gasteiger partial charge is 0.239 e. The monoisotopic (exact) mass is 316 g/mol. The topological polar surface area (TPSA) is 46.3 Å². The first-order chi connectivity index (χ1) is 8.66. The highest BCUT2D eigenvalue weighted by molar-refractivity contribution is 7.10. The van der Waals surface area contributed by atoms with Gasteiger partial charge in [-0.1, -0.05) is 12.1 Å². The van der Waals surface area contributed by atoms with Gasteiger partial charge in [0.15, 0.2) is 0 Å².